The molecule has 2 aliphatic heterocycles. The number of amidine groups is 1. The first-order valence-corrected chi connectivity index (χ1v) is 14.6. The number of nitrogens with zero attached hydrogens (tertiary/aromatic N) is 3. The molecule has 226 valence electrons. The number of rotatable bonds is 13. The predicted octanol–water partition coefficient (Wildman–Crippen LogP) is 4.92. The highest BCUT2D eigenvalue weighted by atomic mass is 16.6. The molecular weight excluding hydrogens is 552 g/mol. The quantitative estimate of drug-likeness (QED) is 0.123. The Bertz CT molecular complexity index is 1450. The van der Waals surface area contributed by atoms with Gasteiger partial charge in [0, 0.05) is 12.6 Å². The van der Waals surface area contributed by atoms with Crippen LogP contribution in [0.25, 0.3) is 0 Å². The lowest BCUT2D eigenvalue weighted by atomic mass is 9.95. The van der Waals surface area contributed by atoms with Gasteiger partial charge in [-0.15, -0.1) is 0 Å². The summed E-state index contributed by atoms with van der Waals surface area (Å²) in [7, 11) is 0. The molecule has 1 aromatic heterocycles. The summed E-state index contributed by atoms with van der Waals surface area (Å²) in [6.07, 6.45) is 6.47. The summed E-state index contributed by atoms with van der Waals surface area (Å²) >= 11 is 0. The Labute approximate surface area is 250 Å². The first-order valence-electron chi connectivity index (χ1n) is 14.6. The molecule has 11 nitrogen and oxygen atoms in total. The number of esters is 1. The van der Waals surface area contributed by atoms with E-state index in [2.05, 4.69) is 10.2 Å². The van der Waals surface area contributed by atoms with Crippen LogP contribution in [-0.4, -0.2) is 66.2 Å². The fourth-order valence-corrected chi connectivity index (χ4v) is 5.30. The molecule has 1 unspecified atom stereocenters. The predicted molar refractivity (Wildman–Crippen MR) is 160 cm³/mol. The van der Waals surface area contributed by atoms with E-state index in [1.54, 1.807) is 12.1 Å². The summed E-state index contributed by atoms with van der Waals surface area (Å²) in [5.41, 5.74) is 1.63. The van der Waals surface area contributed by atoms with Gasteiger partial charge in [-0.3, -0.25) is 15.1 Å². The van der Waals surface area contributed by atoms with Crippen molar-refractivity contribution in [2.75, 3.05) is 39.5 Å². The molecule has 0 aliphatic carbocycles. The van der Waals surface area contributed by atoms with Crippen LogP contribution in [0, 0.1) is 10.1 Å². The van der Waals surface area contributed by atoms with E-state index in [1.807, 2.05) is 30.3 Å². The minimum absolute atomic E-state index is 0.0681. The Balaban J connectivity index is 1.41. The van der Waals surface area contributed by atoms with Crippen LogP contribution >= 0.6 is 0 Å². The number of nitro benzene ring substituents is 1. The second-order valence-electron chi connectivity index (χ2n) is 10.6. The van der Waals surface area contributed by atoms with Crippen LogP contribution in [0.2, 0.25) is 0 Å². The van der Waals surface area contributed by atoms with Gasteiger partial charge >= 0.3 is 11.7 Å². The second kappa shape index (κ2) is 14.6. The van der Waals surface area contributed by atoms with Gasteiger partial charge in [0.25, 0.3) is 0 Å². The monoisotopic (exact) mass is 588 g/mol. The first-order chi connectivity index (χ1) is 21.0. The Morgan fingerprint density at radius 3 is 2.65 bits per heavy atom. The third-order valence-electron chi connectivity index (χ3n) is 7.55. The molecule has 2 aromatic carbocycles. The molecule has 1 atom stereocenters. The number of aromatic hydroxyl groups is 1. The number of nitro groups is 1. The molecular formula is C32H36N4O7. The number of phenolic OH excluding ortho intramolecular Hbond substituents is 1. The van der Waals surface area contributed by atoms with Crippen LogP contribution in [0.15, 0.2) is 87.6 Å². The lowest BCUT2D eigenvalue weighted by Crippen LogP contribution is -2.36. The number of aliphatic imine (C=N–C) groups is 1. The number of likely N-dealkylation sites (tertiary alicyclic amines) is 1. The summed E-state index contributed by atoms with van der Waals surface area (Å²) in [5, 5.41) is 24.9. The van der Waals surface area contributed by atoms with E-state index in [9.17, 15) is 20.0 Å². The molecule has 1 fully saturated rings. The smallest absolute Gasteiger partial charge is 0.338 e. The van der Waals surface area contributed by atoms with Crippen LogP contribution in [0.4, 0.5) is 5.69 Å². The van der Waals surface area contributed by atoms with Gasteiger partial charge in [0.05, 0.1) is 42.3 Å². The van der Waals surface area contributed by atoms with Crippen molar-refractivity contribution < 1.29 is 28.7 Å². The summed E-state index contributed by atoms with van der Waals surface area (Å²) < 4.78 is 17.4. The Hall–Kier alpha value is -4.48. The molecule has 5 rings (SSSR count). The van der Waals surface area contributed by atoms with Crippen LogP contribution in [0.1, 0.15) is 48.6 Å². The summed E-state index contributed by atoms with van der Waals surface area (Å²) in [5.74, 6) is -0.299. The third-order valence-corrected chi connectivity index (χ3v) is 7.55. The van der Waals surface area contributed by atoms with Gasteiger partial charge < -0.3 is 29.2 Å². The van der Waals surface area contributed by atoms with Gasteiger partial charge in [0.15, 0.2) is 17.3 Å². The fraction of sp³-hybridized carbons (Fsp3) is 0.375. The second-order valence-corrected chi connectivity index (χ2v) is 10.6. The SMILES string of the molecule is O=C(OCCCc1ccccc1)C1=C(COCCN2CCCCC2)NC(c2ccco2)=NC1c1ccc(O)c([N+](=O)[O-])c1. The molecule has 2 aliphatic rings. The van der Waals surface area contributed by atoms with E-state index in [4.69, 9.17) is 18.9 Å². The molecule has 0 radical (unpaired) electrons. The number of hydrogen-bond donors (Lipinski definition) is 2. The normalized spacial score (nSPS) is 17.3. The van der Waals surface area contributed by atoms with Gasteiger partial charge in [-0.1, -0.05) is 42.8 Å². The summed E-state index contributed by atoms with van der Waals surface area (Å²) in [6.45, 7) is 3.58. The van der Waals surface area contributed by atoms with Crippen LogP contribution in [0.5, 0.6) is 5.75 Å². The third kappa shape index (κ3) is 7.88. The van der Waals surface area contributed by atoms with Crippen molar-refractivity contribution >= 4 is 17.5 Å². The highest BCUT2D eigenvalue weighted by Gasteiger charge is 2.34. The number of piperidine rings is 1. The Morgan fingerprint density at radius 1 is 1.09 bits per heavy atom. The molecule has 2 N–H and O–H groups in total. The Morgan fingerprint density at radius 2 is 1.91 bits per heavy atom. The van der Waals surface area contributed by atoms with Crippen molar-refractivity contribution in [2.45, 2.75) is 38.1 Å². The summed E-state index contributed by atoms with van der Waals surface area (Å²) in [6, 6.07) is 16.4. The number of carbonyl (C=O) groups is 1. The number of hydrogen-bond acceptors (Lipinski definition) is 10. The molecule has 0 bridgehead atoms. The van der Waals surface area contributed by atoms with Crippen molar-refractivity contribution in [1.29, 1.82) is 0 Å². The highest BCUT2D eigenvalue weighted by Crippen LogP contribution is 2.37. The summed E-state index contributed by atoms with van der Waals surface area (Å²) in [4.78, 5) is 31.8. The van der Waals surface area contributed by atoms with E-state index in [0.717, 1.165) is 31.6 Å². The first kappa shape index (κ1) is 30.0. The van der Waals surface area contributed by atoms with Crippen molar-refractivity contribution in [3.05, 3.63) is 105 Å². The fourth-order valence-electron chi connectivity index (χ4n) is 5.30. The topological polar surface area (TPSA) is 140 Å². The molecule has 0 saturated carbocycles. The van der Waals surface area contributed by atoms with Gasteiger partial charge in [0.1, 0.15) is 6.04 Å². The maximum atomic E-state index is 13.7. The molecule has 1 saturated heterocycles. The van der Waals surface area contributed by atoms with E-state index < -0.39 is 28.4 Å². The zero-order valence-electron chi connectivity index (χ0n) is 23.9. The average Bonchev–Trinajstić information content (AvgIpc) is 3.57. The minimum atomic E-state index is -0.969. The van der Waals surface area contributed by atoms with E-state index in [0.29, 0.717) is 35.9 Å². The zero-order chi connectivity index (χ0) is 30.0. The number of nitrogens with one attached hydrogen (secondary N) is 1. The molecule has 43 heavy (non-hydrogen) atoms. The number of aryl methyl sites for hydroxylation is 1. The minimum Gasteiger partial charge on any atom is -0.502 e. The lowest BCUT2D eigenvalue weighted by Gasteiger charge is -2.28. The maximum absolute atomic E-state index is 13.7. The molecule has 3 aromatic rings. The van der Waals surface area contributed by atoms with Gasteiger partial charge in [0.2, 0.25) is 0 Å². The maximum Gasteiger partial charge on any atom is 0.338 e. The highest BCUT2D eigenvalue weighted by molar-refractivity contribution is 6.02. The van der Waals surface area contributed by atoms with Gasteiger partial charge in [-0.25, -0.2) is 4.79 Å². The van der Waals surface area contributed by atoms with E-state index in [-0.39, 0.29) is 18.8 Å². The Kier molecular flexibility index (Phi) is 10.2. The van der Waals surface area contributed by atoms with Crippen molar-refractivity contribution in [1.82, 2.24) is 10.2 Å². The zero-order valence-corrected chi connectivity index (χ0v) is 23.9. The van der Waals surface area contributed by atoms with Gasteiger partial charge in [-0.2, -0.15) is 0 Å². The van der Waals surface area contributed by atoms with Crippen LogP contribution in [-0.2, 0) is 20.7 Å². The number of carbonyl (C=O) groups excluding carboxylic acids is 1. The van der Waals surface area contributed by atoms with Crippen LogP contribution in [0.3, 0.4) is 0 Å². The van der Waals surface area contributed by atoms with Crippen LogP contribution < -0.4 is 5.32 Å². The van der Waals surface area contributed by atoms with Crippen molar-refractivity contribution in [2.24, 2.45) is 4.99 Å². The number of furan rings is 1. The average molecular weight is 589 g/mol. The largest absolute Gasteiger partial charge is 0.502 e. The van der Waals surface area contributed by atoms with Crippen molar-refractivity contribution in [3.63, 3.8) is 0 Å². The van der Waals surface area contributed by atoms with Crippen molar-refractivity contribution in [3.8, 4) is 5.75 Å². The van der Waals surface area contributed by atoms with Gasteiger partial charge in [-0.05, 0) is 68.1 Å². The molecule has 11 heteroatoms. The number of benzene rings is 2. The number of phenols is 1. The molecule has 0 amide bonds. The standard InChI is InChI=1S/C32H36N4O7/c37-27-14-13-24(21-26(27)36(39)40)30-29(32(38)43-19-7-11-23-9-3-1-4-10-23)25(33-31(34-30)28-12-8-18-42-28)22-41-20-17-35-15-5-2-6-16-35/h1,3-4,8-10,12-14,18,21,30,37H,2,5-7,11,15-17,19-20,22H2,(H,33,34). The van der Waals surface area contributed by atoms with E-state index in [1.165, 1.54) is 43.7 Å². The number of ether oxygens (including phenoxy) is 2. The molecule has 3 heterocycles. The molecule has 0 spiro atoms. The lowest BCUT2D eigenvalue weighted by molar-refractivity contribution is -0.385. The van der Waals surface area contributed by atoms with E-state index >= 15 is 0 Å².